The summed E-state index contributed by atoms with van der Waals surface area (Å²) < 4.78 is 4.70. The highest BCUT2D eigenvalue weighted by atomic mass is 16.5. The molecule has 0 aromatic carbocycles. The minimum absolute atomic E-state index is 0.102. The molecule has 0 radical (unpaired) electrons. The molecule has 0 fully saturated rings. The van der Waals surface area contributed by atoms with Gasteiger partial charge in [0.15, 0.2) is 0 Å². The van der Waals surface area contributed by atoms with Crippen molar-refractivity contribution in [2.45, 2.75) is 6.92 Å². The molecule has 0 saturated carbocycles. The molecule has 58 valence electrons. The van der Waals surface area contributed by atoms with Crippen LogP contribution in [0.3, 0.4) is 0 Å². The molecule has 3 nitrogen and oxygen atoms in total. The van der Waals surface area contributed by atoms with Gasteiger partial charge in [-0.15, -0.1) is 0 Å². The van der Waals surface area contributed by atoms with Crippen LogP contribution in [0.4, 0.5) is 0 Å². The maximum atomic E-state index is 7.26. The minimum atomic E-state index is 0.102. The van der Waals surface area contributed by atoms with Crippen molar-refractivity contribution in [1.29, 1.82) is 5.41 Å². The molecule has 11 heavy (non-hydrogen) atoms. The normalized spacial score (nSPS) is 9.27. The van der Waals surface area contributed by atoms with Gasteiger partial charge in [0.2, 0.25) is 5.90 Å². The van der Waals surface area contributed by atoms with Gasteiger partial charge in [0.05, 0.1) is 7.11 Å². The van der Waals surface area contributed by atoms with E-state index in [0.717, 1.165) is 5.56 Å². The highest BCUT2D eigenvalue weighted by Gasteiger charge is 1.99. The van der Waals surface area contributed by atoms with Crippen LogP contribution < -0.4 is 0 Å². The Hall–Kier alpha value is -1.38. The van der Waals surface area contributed by atoms with Gasteiger partial charge in [-0.05, 0) is 18.6 Å². The number of hydrogen-bond acceptors (Lipinski definition) is 3. The summed E-state index contributed by atoms with van der Waals surface area (Å²) in [6.45, 7) is 1.95. The van der Waals surface area contributed by atoms with Crippen LogP contribution in [-0.4, -0.2) is 18.0 Å². The van der Waals surface area contributed by atoms with Crippen molar-refractivity contribution in [3.63, 3.8) is 0 Å². The van der Waals surface area contributed by atoms with E-state index in [1.54, 1.807) is 12.3 Å². The Morgan fingerprint density at radius 1 is 1.55 bits per heavy atom. The summed E-state index contributed by atoms with van der Waals surface area (Å²) in [5.41, 5.74) is 1.65. The molecule has 1 aromatic rings. The number of methoxy groups -OCH3 is 1. The molecule has 3 heteroatoms. The van der Waals surface area contributed by atoms with Crippen LogP contribution in [0, 0.1) is 12.3 Å². The first-order valence-corrected chi connectivity index (χ1v) is 3.29. The summed E-state index contributed by atoms with van der Waals surface area (Å²) in [4.78, 5) is 4.00. The first kappa shape index (κ1) is 7.72. The van der Waals surface area contributed by atoms with Crippen molar-refractivity contribution in [3.05, 3.63) is 29.6 Å². The molecule has 0 aliphatic carbocycles. The van der Waals surface area contributed by atoms with E-state index in [1.165, 1.54) is 7.11 Å². The first-order chi connectivity index (χ1) is 5.24. The molecule has 1 rings (SSSR count). The first-order valence-electron chi connectivity index (χ1n) is 3.29. The highest BCUT2D eigenvalue weighted by molar-refractivity contribution is 5.89. The molecule has 0 atom stereocenters. The minimum Gasteiger partial charge on any atom is -0.480 e. The van der Waals surface area contributed by atoms with Gasteiger partial charge in [-0.25, -0.2) is 0 Å². The largest absolute Gasteiger partial charge is 0.480 e. The molecule has 1 N–H and O–H groups in total. The number of hydrogen-bond donors (Lipinski definition) is 1. The third-order valence-corrected chi connectivity index (χ3v) is 1.35. The number of aromatic nitrogens is 1. The van der Waals surface area contributed by atoms with Crippen LogP contribution in [0.15, 0.2) is 18.3 Å². The van der Waals surface area contributed by atoms with Crippen LogP contribution in [0.1, 0.15) is 11.3 Å². The zero-order valence-electron chi connectivity index (χ0n) is 6.59. The molecular weight excluding hydrogens is 140 g/mol. The zero-order chi connectivity index (χ0) is 8.27. The summed E-state index contributed by atoms with van der Waals surface area (Å²) in [5, 5.41) is 7.26. The Morgan fingerprint density at radius 3 is 2.73 bits per heavy atom. The van der Waals surface area contributed by atoms with Crippen molar-refractivity contribution in [2.24, 2.45) is 0 Å². The molecule has 0 spiro atoms. The zero-order valence-corrected chi connectivity index (χ0v) is 6.59. The number of rotatable bonds is 1. The standard InChI is InChI=1S/C8H10N2O/c1-6-3-4-7(10-5-6)8(9)11-2/h3-5,9H,1-2H3. The van der Waals surface area contributed by atoms with Crippen LogP contribution >= 0.6 is 0 Å². The van der Waals surface area contributed by atoms with E-state index in [2.05, 4.69) is 4.98 Å². The van der Waals surface area contributed by atoms with Gasteiger partial charge in [0, 0.05) is 6.20 Å². The van der Waals surface area contributed by atoms with Gasteiger partial charge >= 0.3 is 0 Å². The molecule has 0 amide bonds. The maximum Gasteiger partial charge on any atom is 0.232 e. The lowest BCUT2D eigenvalue weighted by molar-refractivity contribution is 0.399. The quantitative estimate of drug-likeness (QED) is 0.485. The van der Waals surface area contributed by atoms with E-state index >= 15 is 0 Å². The predicted octanol–water partition coefficient (Wildman–Crippen LogP) is 1.36. The Morgan fingerprint density at radius 2 is 2.27 bits per heavy atom. The Kier molecular flexibility index (Phi) is 2.21. The molecule has 0 bridgehead atoms. The second-order valence-corrected chi connectivity index (χ2v) is 2.25. The fourth-order valence-corrected chi connectivity index (χ4v) is 0.707. The second-order valence-electron chi connectivity index (χ2n) is 2.25. The lowest BCUT2D eigenvalue weighted by Crippen LogP contribution is -2.03. The Labute approximate surface area is 65.5 Å². The number of aryl methyl sites for hydroxylation is 1. The summed E-state index contributed by atoms with van der Waals surface area (Å²) in [7, 11) is 1.46. The maximum absolute atomic E-state index is 7.26. The van der Waals surface area contributed by atoms with Crippen LogP contribution in [0.25, 0.3) is 0 Å². The van der Waals surface area contributed by atoms with Crippen molar-refractivity contribution in [2.75, 3.05) is 7.11 Å². The number of pyridine rings is 1. The van der Waals surface area contributed by atoms with E-state index in [1.807, 2.05) is 13.0 Å². The smallest absolute Gasteiger partial charge is 0.232 e. The van der Waals surface area contributed by atoms with Crippen LogP contribution in [-0.2, 0) is 4.74 Å². The number of ether oxygens (including phenoxy) is 1. The van der Waals surface area contributed by atoms with Crippen molar-refractivity contribution >= 4 is 5.90 Å². The van der Waals surface area contributed by atoms with Crippen molar-refractivity contribution in [1.82, 2.24) is 4.98 Å². The van der Waals surface area contributed by atoms with Gasteiger partial charge in [-0.2, -0.15) is 0 Å². The molecule has 0 aliphatic rings. The van der Waals surface area contributed by atoms with E-state index in [4.69, 9.17) is 10.1 Å². The average molecular weight is 150 g/mol. The van der Waals surface area contributed by atoms with E-state index in [9.17, 15) is 0 Å². The van der Waals surface area contributed by atoms with Gasteiger partial charge in [0.25, 0.3) is 0 Å². The molecule has 1 heterocycles. The van der Waals surface area contributed by atoms with Gasteiger partial charge < -0.3 is 4.74 Å². The highest BCUT2D eigenvalue weighted by Crippen LogP contribution is 1.99. The third-order valence-electron chi connectivity index (χ3n) is 1.35. The van der Waals surface area contributed by atoms with Crippen LogP contribution in [0.2, 0.25) is 0 Å². The molecule has 0 saturated heterocycles. The molecule has 0 unspecified atom stereocenters. The van der Waals surface area contributed by atoms with Gasteiger partial charge in [-0.1, -0.05) is 6.07 Å². The fraction of sp³-hybridized carbons (Fsp3) is 0.250. The predicted molar refractivity (Wildman–Crippen MR) is 42.8 cm³/mol. The number of nitrogens with zero attached hydrogens (tertiary/aromatic N) is 1. The topological polar surface area (TPSA) is 46.0 Å². The summed E-state index contributed by atoms with van der Waals surface area (Å²) in [5.74, 6) is 0.102. The van der Waals surface area contributed by atoms with Gasteiger partial charge in [-0.3, -0.25) is 10.4 Å². The van der Waals surface area contributed by atoms with E-state index < -0.39 is 0 Å². The molecular formula is C8H10N2O. The molecule has 1 aromatic heterocycles. The van der Waals surface area contributed by atoms with Crippen LogP contribution in [0.5, 0.6) is 0 Å². The summed E-state index contributed by atoms with van der Waals surface area (Å²) in [6.07, 6.45) is 1.71. The Bertz CT molecular complexity index is 253. The lowest BCUT2D eigenvalue weighted by atomic mass is 10.3. The summed E-state index contributed by atoms with van der Waals surface area (Å²) in [6, 6.07) is 3.66. The van der Waals surface area contributed by atoms with Crippen molar-refractivity contribution < 1.29 is 4.74 Å². The molecule has 0 aliphatic heterocycles. The fourth-order valence-electron chi connectivity index (χ4n) is 0.707. The Balaban J connectivity index is 2.90. The lowest BCUT2D eigenvalue weighted by Gasteiger charge is -1.99. The van der Waals surface area contributed by atoms with Gasteiger partial charge in [0.1, 0.15) is 5.69 Å². The average Bonchev–Trinajstić information content (AvgIpc) is 2.05. The van der Waals surface area contributed by atoms with E-state index in [-0.39, 0.29) is 5.90 Å². The SMILES string of the molecule is COC(=N)c1ccc(C)cn1. The second kappa shape index (κ2) is 3.14. The third kappa shape index (κ3) is 1.77. The monoisotopic (exact) mass is 150 g/mol. The van der Waals surface area contributed by atoms with Crippen molar-refractivity contribution in [3.8, 4) is 0 Å². The van der Waals surface area contributed by atoms with E-state index in [0.29, 0.717) is 5.69 Å². The number of nitrogens with one attached hydrogen (secondary N) is 1. The summed E-state index contributed by atoms with van der Waals surface area (Å²) >= 11 is 0.